The number of allylic oxidation sites excluding steroid dienone is 1. The van der Waals surface area contributed by atoms with E-state index in [-0.39, 0.29) is 17.7 Å². The zero-order valence-corrected chi connectivity index (χ0v) is 20.9. The Labute approximate surface area is 211 Å². The minimum atomic E-state index is -0.612. The van der Waals surface area contributed by atoms with Crippen LogP contribution in [0.4, 0.5) is 0 Å². The fourth-order valence-corrected chi connectivity index (χ4v) is 4.94. The highest BCUT2D eigenvalue weighted by molar-refractivity contribution is 5.99. The molecule has 0 saturated carbocycles. The standard InChI is InChI=1S/C28H35N3O5/c1-36-25-12-6-5-10-21(25)16-30-18-23(27(34)29-14-13-20-8-3-2-4-9-20)26(33)24(19-30)28(35)31-15-7-11-22(32)17-31/h5-6,8,10,12,18-19,22,32H,2-4,7,9,11,13-17H2,1H3,(H,29,34)/t22-/m0/s1. The molecule has 1 aromatic heterocycles. The summed E-state index contributed by atoms with van der Waals surface area (Å²) >= 11 is 0. The highest BCUT2D eigenvalue weighted by Gasteiger charge is 2.27. The van der Waals surface area contributed by atoms with Crippen LogP contribution in [0, 0.1) is 0 Å². The molecule has 0 spiro atoms. The number of likely N-dealkylation sites (tertiary alicyclic amines) is 1. The molecule has 2 N–H and O–H groups in total. The quantitative estimate of drug-likeness (QED) is 0.551. The first kappa shape index (κ1) is 25.7. The molecule has 1 aliphatic carbocycles. The van der Waals surface area contributed by atoms with Gasteiger partial charge in [0.1, 0.15) is 16.9 Å². The maximum absolute atomic E-state index is 13.3. The Morgan fingerprint density at radius 2 is 1.94 bits per heavy atom. The van der Waals surface area contributed by atoms with Crippen molar-refractivity contribution in [1.29, 1.82) is 0 Å². The topological polar surface area (TPSA) is 101 Å². The van der Waals surface area contributed by atoms with Crippen LogP contribution in [0.5, 0.6) is 5.75 Å². The molecule has 2 aliphatic rings. The van der Waals surface area contributed by atoms with Crippen LogP contribution in [0.25, 0.3) is 0 Å². The van der Waals surface area contributed by atoms with E-state index < -0.39 is 23.3 Å². The highest BCUT2D eigenvalue weighted by Crippen LogP contribution is 2.21. The van der Waals surface area contributed by atoms with Crippen molar-refractivity contribution in [2.75, 3.05) is 26.7 Å². The number of amides is 2. The molecule has 1 aromatic carbocycles. The van der Waals surface area contributed by atoms with E-state index >= 15 is 0 Å². The van der Waals surface area contributed by atoms with Crippen molar-refractivity contribution in [3.05, 3.63) is 75.2 Å². The number of pyridine rings is 1. The number of aliphatic hydroxyl groups excluding tert-OH is 1. The maximum Gasteiger partial charge on any atom is 0.259 e. The van der Waals surface area contributed by atoms with E-state index in [9.17, 15) is 19.5 Å². The summed E-state index contributed by atoms with van der Waals surface area (Å²) in [5.74, 6) is -0.275. The van der Waals surface area contributed by atoms with Crippen LogP contribution in [0.2, 0.25) is 0 Å². The van der Waals surface area contributed by atoms with Crippen molar-refractivity contribution in [3.63, 3.8) is 0 Å². The monoisotopic (exact) mass is 493 g/mol. The number of aromatic nitrogens is 1. The number of para-hydroxylation sites is 1. The average Bonchev–Trinajstić information content (AvgIpc) is 2.90. The number of piperidine rings is 1. The number of benzene rings is 1. The molecule has 1 saturated heterocycles. The third-order valence-corrected chi connectivity index (χ3v) is 6.90. The van der Waals surface area contributed by atoms with Gasteiger partial charge < -0.3 is 24.6 Å². The van der Waals surface area contributed by atoms with Crippen LogP contribution in [0.1, 0.15) is 71.2 Å². The van der Waals surface area contributed by atoms with Crippen LogP contribution >= 0.6 is 0 Å². The molecule has 2 aromatic rings. The molecule has 192 valence electrons. The number of carbonyl (C=O) groups is 2. The lowest BCUT2D eigenvalue weighted by Crippen LogP contribution is -2.44. The molecular formula is C28H35N3O5. The molecule has 4 rings (SSSR count). The van der Waals surface area contributed by atoms with Gasteiger partial charge in [-0.15, -0.1) is 0 Å². The van der Waals surface area contributed by atoms with Crippen molar-refractivity contribution < 1.29 is 19.4 Å². The predicted molar refractivity (Wildman–Crippen MR) is 137 cm³/mol. The summed E-state index contributed by atoms with van der Waals surface area (Å²) in [7, 11) is 1.58. The number of ether oxygens (including phenoxy) is 1. The molecular weight excluding hydrogens is 458 g/mol. The molecule has 0 unspecified atom stereocenters. The fourth-order valence-electron chi connectivity index (χ4n) is 4.94. The highest BCUT2D eigenvalue weighted by atomic mass is 16.5. The number of rotatable bonds is 8. The number of hydrogen-bond donors (Lipinski definition) is 2. The summed E-state index contributed by atoms with van der Waals surface area (Å²) in [5, 5.41) is 12.9. The molecule has 8 nitrogen and oxygen atoms in total. The van der Waals surface area contributed by atoms with E-state index in [1.807, 2.05) is 24.3 Å². The molecule has 2 amide bonds. The SMILES string of the molecule is COc1ccccc1Cn1cc(C(=O)NCCC2=CCCCC2)c(=O)c(C(=O)N2CCC[C@H](O)C2)c1. The van der Waals surface area contributed by atoms with Gasteiger partial charge in [0.25, 0.3) is 11.8 Å². The van der Waals surface area contributed by atoms with Crippen molar-refractivity contribution in [2.24, 2.45) is 0 Å². The van der Waals surface area contributed by atoms with Crippen LogP contribution in [0.3, 0.4) is 0 Å². The number of nitrogens with zero attached hydrogens (tertiary/aromatic N) is 2. The smallest absolute Gasteiger partial charge is 0.259 e. The Kier molecular flexibility index (Phi) is 8.59. The lowest BCUT2D eigenvalue weighted by Gasteiger charge is -2.30. The normalized spacial score (nSPS) is 17.9. The van der Waals surface area contributed by atoms with Crippen molar-refractivity contribution in [1.82, 2.24) is 14.8 Å². The van der Waals surface area contributed by atoms with Gasteiger partial charge in [0.2, 0.25) is 5.43 Å². The zero-order chi connectivity index (χ0) is 25.5. The second kappa shape index (κ2) is 12.0. The summed E-state index contributed by atoms with van der Waals surface area (Å²) in [6, 6.07) is 7.49. The van der Waals surface area contributed by atoms with Gasteiger partial charge in [-0.1, -0.05) is 29.8 Å². The fraction of sp³-hybridized carbons (Fsp3) is 0.464. The Bertz CT molecular complexity index is 1190. The number of β-amino-alcohol motifs (C(OH)–C–C–N with tert-alkyl or cyclic N) is 1. The Hall–Kier alpha value is -3.39. The molecule has 1 fully saturated rings. The van der Waals surface area contributed by atoms with Crippen LogP contribution in [-0.2, 0) is 6.54 Å². The van der Waals surface area contributed by atoms with Crippen molar-refractivity contribution in [3.8, 4) is 5.75 Å². The predicted octanol–water partition coefficient (Wildman–Crippen LogP) is 3.12. The number of nitrogens with one attached hydrogen (secondary N) is 1. The third-order valence-electron chi connectivity index (χ3n) is 6.90. The number of carbonyl (C=O) groups excluding carboxylic acids is 2. The first-order valence-electron chi connectivity index (χ1n) is 12.8. The Morgan fingerprint density at radius 1 is 1.14 bits per heavy atom. The lowest BCUT2D eigenvalue weighted by molar-refractivity contribution is 0.0472. The Balaban J connectivity index is 1.62. The van der Waals surface area contributed by atoms with E-state index in [2.05, 4.69) is 11.4 Å². The maximum atomic E-state index is 13.3. The van der Waals surface area contributed by atoms with Crippen LogP contribution in [0.15, 0.2) is 53.1 Å². The second-order valence-corrected chi connectivity index (χ2v) is 9.56. The average molecular weight is 494 g/mol. The third kappa shape index (κ3) is 6.23. The van der Waals surface area contributed by atoms with E-state index in [0.717, 1.165) is 24.8 Å². The van der Waals surface area contributed by atoms with Gasteiger partial charge in [0, 0.05) is 37.6 Å². The summed E-state index contributed by atoms with van der Waals surface area (Å²) in [6.45, 7) is 1.40. The minimum Gasteiger partial charge on any atom is -0.496 e. The summed E-state index contributed by atoms with van der Waals surface area (Å²) in [5.41, 5.74) is 1.46. The van der Waals surface area contributed by atoms with Gasteiger partial charge in [0.05, 0.1) is 19.8 Å². The van der Waals surface area contributed by atoms with E-state index in [1.54, 1.807) is 11.7 Å². The van der Waals surface area contributed by atoms with Crippen LogP contribution < -0.4 is 15.5 Å². The number of methoxy groups -OCH3 is 1. The van der Waals surface area contributed by atoms with Crippen molar-refractivity contribution >= 4 is 11.8 Å². The first-order chi connectivity index (χ1) is 17.5. The Morgan fingerprint density at radius 3 is 2.69 bits per heavy atom. The van der Waals surface area contributed by atoms with Crippen LogP contribution in [-0.4, -0.2) is 59.2 Å². The molecule has 2 heterocycles. The summed E-state index contributed by atoms with van der Waals surface area (Å²) in [4.78, 5) is 41.3. The first-order valence-corrected chi connectivity index (χ1v) is 12.8. The molecule has 0 bridgehead atoms. The molecule has 1 aliphatic heterocycles. The van der Waals surface area contributed by atoms with Gasteiger partial charge in [-0.05, 0) is 51.0 Å². The van der Waals surface area contributed by atoms with E-state index in [4.69, 9.17) is 4.74 Å². The molecule has 36 heavy (non-hydrogen) atoms. The summed E-state index contributed by atoms with van der Waals surface area (Å²) in [6.07, 6.45) is 11.2. The minimum absolute atomic E-state index is 0.0640. The largest absolute Gasteiger partial charge is 0.496 e. The zero-order valence-electron chi connectivity index (χ0n) is 20.9. The second-order valence-electron chi connectivity index (χ2n) is 9.56. The van der Waals surface area contributed by atoms with Gasteiger partial charge in [0.15, 0.2) is 0 Å². The van der Waals surface area contributed by atoms with E-state index in [1.165, 1.54) is 35.7 Å². The van der Waals surface area contributed by atoms with Crippen molar-refractivity contribution in [2.45, 2.75) is 57.6 Å². The van der Waals surface area contributed by atoms with Gasteiger partial charge in [-0.2, -0.15) is 0 Å². The number of aliphatic hydroxyl groups is 1. The molecule has 0 radical (unpaired) electrons. The van der Waals surface area contributed by atoms with E-state index in [0.29, 0.717) is 38.2 Å². The number of hydrogen-bond acceptors (Lipinski definition) is 5. The molecule has 1 atom stereocenters. The molecule has 8 heteroatoms. The van der Waals surface area contributed by atoms with Gasteiger partial charge in [-0.3, -0.25) is 14.4 Å². The lowest BCUT2D eigenvalue weighted by atomic mass is 9.97. The van der Waals surface area contributed by atoms with Gasteiger partial charge >= 0.3 is 0 Å². The summed E-state index contributed by atoms with van der Waals surface area (Å²) < 4.78 is 7.14. The van der Waals surface area contributed by atoms with Gasteiger partial charge in [-0.25, -0.2) is 0 Å².